The summed E-state index contributed by atoms with van der Waals surface area (Å²) in [4.78, 5) is 16.2. The molecule has 0 aromatic rings. The summed E-state index contributed by atoms with van der Waals surface area (Å²) >= 11 is 0. The van der Waals surface area contributed by atoms with E-state index in [1.807, 2.05) is 25.7 Å². The summed E-state index contributed by atoms with van der Waals surface area (Å²) in [5.41, 5.74) is -0.0643. The van der Waals surface area contributed by atoms with Crippen molar-refractivity contribution >= 4 is 6.09 Å². The molecule has 0 saturated carbocycles. The van der Waals surface area contributed by atoms with E-state index in [2.05, 4.69) is 4.90 Å². The third-order valence-electron chi connectivity index (χ3n) is 4.41. The molecule has 1 N–H and O–H groups in total. The molecule has 0 bridgehead atoms. The highest BCUT2D eigenvalue weighted by Crippen LogP contribution is 2.40. The second-order valence-corrected chi connectivity index (χ2v) is 7.22. The molecule has 2 aliphatic heterocycles. The Bertz CT molecular complexity index is 344. The number of amides is 1. The maximum Gasteiger partial charge on any atom is 0.410 e. The Hall–Kier alpha value is -0.810. The Morgan fingerprint density at radius 1 is 1.20 bits per heavy atom. The number of nitrogens with zero attached hydrogens (tertiary/aromatic N) is 2. The van der Waals surface area contributed by atoms with Crippen LogP contribution in [0.15, 0.2) is 0 Å². The molecule has 2 fully saturated rings. The molecule has 1 amide bonds. The fraction of sp³-hybridized carbons (Fsp3) is 0.933. The van der Waals surface area contributed by atoms with Crippen LogP contribution in [0.25, 0.3) is 0 Å². The molecule has 0 aromatic carbocycles. The van der Waals surface area contributed by atoms with Gasteiger partial charge in [-0.05, 0) is 52.0 Å². The number of rotatable bonds is 2. The van der Waals surface area contributed by atoms with Crippen molar-refractivity contribution in [3.8, 4) is 0 Å². The molecule has 0 radical (unpaired) electrons. The monoisotopic (exact) mass is 284 g/mol. The standard InChI is InChI=1S/C15H28N2O3/c1-14(2,3)20-13(19)17-8-5-15(6-9-17)4-7-16(12-15)10-11-18/h18H,4-12H2,1-3H3. The molecule has 5 heteroatoms. The molecule has 0 atom stereocenters. The van der Waals surface area contributed by atoms with Gasteiger partial charge in [-0.25, -0.2) is 4.79 Å². The van der Waals surface area contributed by atoms with E-state index < -0.39 is 5.60 Å². The van der Waals surface area contributed by atoms with Crippen molar-refractivity contribution in [2.45, 2.75) is 45.6 Å². The summed E-state index contributed by atoms with van der Waals surface area (Å²) in [5, 5.41) is 9.03. The molecule has 116 valence electrons. The van der Waals surface area contributed by atoms with Crippen LogP contribution in [0, 0.1) is 5.41 Å². The number of aliphatic hydroxyl groups excluding tert-OH is 1. The number of piperidine rings is 1. The largest absolute Gasteiger partial charge is 0.444 e. The first-order valence-electron chi connectivity index (χ1n) is 7.65. The Morgan fingerprint density at radius 2 is 1.80 bits per heavy atom. The van der Waals surface area contributed by atoms with Crippen molar-refractivity contribution in [3.63, 3.8) is 0 Å². The molecule has 5 nitrogen and oxygen atoms in total. The molecule has 0 unspecified atom stereocenters. The molecule has 1 spiro atoms. The van der Waals surface area contributed by atoms with Gasteiger partial charge in [-0.2, -0.15) is 0 Å². The van der Waals surface area contributed by atoms with Crippen molar-refractivity contribution in [2.24, 2.45) is 5.41 Å². The number of β-amino-alcohol motifs (C(OH)–C–C–N with tert-alkyl or cyclic N) is 1. The lowest BCUT2D eigenvalue weighted by molar-refractivity contribution is 0.0109. The summed E-state index contributed by atoms with van der Waals surface area (Å²) < 4.78 is 5.43. The maximum absolute atomic E-state index is 12.0. The molecule has 0 aromatic heterocycles. The minimum absolute atomic E-state index is 0.183. The summed E-state index contributed by atoms with van der Waals surface area (Å²) in [6.45, 7) is 10.4. The van der Waals surface area contributed by atoms with Crippen molar-refractivity contribution < 1.29 is 14.6 Å². The van der Waals surface area contributed by atoms with Crippen molar-refractivity contribution in [1.29, 1.82) is 0 Å². The first kappa shape index (κ1) is 15.6. The first-order chi connectivity index (χ1) is 9.34. The van der Waals surface area contributed by atoms with Crippen LogP contribution in [-0.4, -0.2) is 65.9 Å². The highest BCUT2D eigenvalue weighted by molar-refractivity contribution is 5.68. The van der Waals surface area contributed by atoms with Crippen LogP contribution >= 0.6 is 0 Å². The average molecular weight is 284 g/mol. The van der Waals surface area contributed by atoms with Crippen LogP contribution < -0.4 is 0 Å². The van der Waals surface area contributed by atoms with Gasteiger partial charge in [0, 0.05) is 26.2 Å². The topological polar surface area (TPSA) is 53.0 Å². The summed E-state index contributed by atoms with van der Waals surface area (Å²) in [7, 11) is 0. The summed E-state index contributed by atoms with van der Waals surface area (Å²) in [6, 6.07) is 0. The second kappa shape index (κ2) is 5.90. The smallest absolute Gasteiger partial charge is 0.410 e. The van der Waals surface area contributed by atoms with Gasteiger partial charge >= 0.3 is 6.09 Å². The highest BCUT2D eigenvalue weighted by Gasteiger charge is 2.41. The average Bonchev–Trinajstić information content (AvgIpc) is 2.71. The molecule has 2 heterocycles. The van der Waals surface area contributed by atoms with Crippen LogP contribution in [0.2, 0.25) is 0 Å². The van der Waals surface area contributed by atoms with Crippen molar-refractivity contribution in [2.75, 3.05) is 39.3 Å². The maximum atomic E-state index is 12.0. The van der Waals surface area contributed by atoms with Crippen LogP contribution in [-0.2, 0) is 4.74 Å². The fourth-order valence-electron chi connectivity index (χ4n) is 3.26. The van der Waals surface area contributed by atoms with E-state index in [9.17, 15) is 4.79 Å². The number of carbonyl (C=O) groups is 1. The van der Waals surface area contributed by atoms with Crippen LogP contribution in [0.5, 0.6) is 0 Å². The number of hydrogen-bond acceptors (Lipinski definition) is 4. The quantitative estimate of drug-likeness (QED) is 0.838. The van der Waals surface area contributed by atoms with Crippen LogP contribution in [0.3, 0.4) is 0 Å². The van der Waals surface area contributed by atoms with Gasteiger partial charge in [0.25, 0.3) is 0 Å². The van der Waals surface area contributed by atoms with Crippen molar-refractivity contribution in [3.05, 3.63) is 0 Å². The first-order valence-corrected chi connectivity index (χ1v) is 7.65. The zero-order valence-electron chi connectivity index (χ0n) is 13.0. The van der Waals surface area contributed by atoms with E-state index in [0.29, 0.717) is 5.41 Å². The number of aliphatic hydroxyl groups is 1. The summed E-state index contributed by atoms with van der Waals surface area (Å²) in [6.07, 6.45) is 3.11. The van der Waals surface area contributed by atoms with Gasteiger partial charge in [0.05, 0.1) is 6.61 Å². The third kappa shape index (κ3) is 3.85. The number of hydrogen-bond donors (Lipinski definition) is 1. The van der Waals surface area contributed by atoms with Gasteiger partial charge < -0.3 is 19.6 Å². The number of carbonyl (C=O) groups excluding carboxylic acids is 1. The Labute approximate surface area is 121 Å². The van der Waals surface area contributed by atoms with Gasteiger partial charge in [-0.15, -0.1) is 0 Å². The molecule has 2 saturated heterocycles. The van der Waals surface area contributed by atoms with E-state index >= 15 is 0 Å². The van der Waals surface area contributed by atoms with E-state index in [4.69, 9.17) is 9.84 Å². The third-order valence-corrected chi connectivity index (χ3v) is 4.41. The minimum atomic E-state index is -0.419. The van der Waals surface area contributed by atoms with Crippen LogP contribution in [0.1, 0.15) is 40.0 Å². The Morgan fingerprint density at radius 3 is 2.35 bits per heavy atom. The minimum Gasteiger partial charge on any atom is -0.444 e. The van der Waals surface area contributed by atoms with Gasteiger partial charge in [-0.3, -0.25) is 0 Å². The van der Waals surface area contributed by atoms with E-state index in [1.54, 1.807) is 0 Å². The molecule has 0 aliphatic carbocycles. The normalized spacial score (nSPS) is 23.3. The second-order valence-electron chi connectivity index (χ2n) is 7.22. The van der Waals surface area contributed by atoms with Gasteiger partial charge in [0.15, 0.2) is 0 Å². The zero-order valence-corrected chi connectivity index (χ0v) is 13.0. The SMILES string of the molecule is CC(C)(C)OC(=O)N1CCC2(CCN(CCO)C2)CC1. The lowest BCUT2D eigenvalue weighted by Crippen LogP contribution is -2.46. The van der Waals surface area contributed by atoms with Crippen LogP contribution in [0.4, 0.5) is 4.79 Å². The predicted molar refractivity (Wildman–Crippen MR) is 77.6 cm³/mol. The Balaban J connectivity index is 1.82. The lowest BCUT2D eigenvalue weighted by atomic mass is 9.78. The Kier molecular flexibility index (Phi) is 4.59. The highest BCUT2D eigenvalue weighted by atomic mass is 16.6. The molecular formula is C15H28N2O3. The lowest BCUT2D eigenvalue weighted by Gasteiger charge is -2.39. The van der Waals surface area contributed by atoms with Crippen molar-refractivity contribution in [1.82, 2.24) is 9.80 Å². The molecule has 2 aliphatic rings. The summed E-state index contributed by atoms with van der Waals surface area (Å²) in [5.74, 6) is 0. The molecular weight excluding hydrogens is 256 g/mol. The number of ether oxygens (including phenoxy) is 1. The van der Waals surface area contributed by atoms with E-state index in [0.717, 1.165) is 45.6 Å². The predicted octanol–water partition coefficient (Wildman–Crippen LogP) is 1.70. The fourth-order valence-corrected chi connectivity index (χ4v) is 3.26. The van der Waals surface area contributed by atoms with E-state index in [1.165, 1.54) is 6.42 Å². The van der Waals surface area contributed by atoms with E-state index in [-0.39, 0.29) is 12.7 Å². The van der Waals surface area contributed by atoms with Gasteiger partial charge in [-0.1, -0.05) is 0 Å². The zero-order chi connectivity index (χ0) is 14.8. The molecule has 2 rings (SSSR count). The number of likely N-dealkylation sites (tertiary alicyclic amines) is 2. The van der Waals surface area contributed by atoms with Gasteiger partial charge in [0.1, 0.15) is 5.60 Å². The van der Waals surface area contributed by atoms with Gasteiger partial charge in [0.2, 0.25) is 0 Å². The molecule has 20 heavy (non-hydrogen) atoms.